The number of halogens is 7. The molecule has 0 radical (unpaired) electrons. The minimum atomic E-state index is -4.89. The van der Waals surface area contributed by atoms with Crippen molar-refractivity contribution in [3.63, 3.8) is 0 Å². The normalized spacial score (nSPS) is 19.0. The van der Waals surface area contributed by atoms with Crippen molar-refractivity contribution >= 4 is 35.0 Å². The minimum absolute atomic E-state index is 0.0667. The Hall–Kier alpha value is -2.72. The van der Waals surface area contributed by atoms with E-state index < -0.39 is 40.0 Å². The molecule has 0 aliphatic heterocycles. The van der Waals surface area contributed by atoms with E-state index in [1.807, 2.05) is 6.92 Å². The molecule has 2 aromatic carbocycles. The molecule has 38 heavy (non-hydrogen) atoms. The Labute approximate surface area is 223 Å². The lowest BCUT2D eigenvalue weighted by atomic mass is 9.89. The summed E-state index contributed by atoms with van der Waals surface area (Å²) in [6.45, 7) is 3.67. The number of rotatable bonds is 6. The number of carbonyl (C=O) groups is 2. The highest BCUT2D eigenvalue weighted by molar-refractivity contribution is 7.15. The number of nitrogens with zero attached hydrogens (tertiary/aromatic N) is 1. The SMILES string of the molecule is Cc1sc(-c2ccc(-c3ccc(Cl)c(C(F)(F)F)c3)c(C(F)(F)F)c2)nc1C(C=O)C(=O)[C@@H]1CC[C@@H](C)C1. The van der Waals surface area contributed by atoms with Crippen LogP contribution in [-0.4, -0.2) is 17.1 Å². The number of Topliss-reactive ketones (excluding diaryl/α,β-unsaturated/α-hetero) is 1. The molecule has 1 saturated carbocycles. The highest BCUT2D eigenvalue weighted by Gasteiger charge is 2.38. The van der Waals surface area contributed by atoms with Crippen molar-refractivity contribution in [1.82, 2.24) is 4.98 Å². The quantitative estimate of drug-likeness (QED) is 0.168. The maximum Gasteiger partial charge on any atom is 0.417 e. The van der Waals surface area contributed by atoms with E-state index in [9.17, 15) is 35.9 Å². The summed E-state index contributed by atoms with van der Waals surface area (Å²) in [7, 11) is 0. The Bertz CT molecular complexity index is 1380. The van der Waals surface area contributed by atoms with Gasteiger partial charge in [-0.1, -0.05) is 36.7 Å². The van der Waals surface area contributed by atoms with Crippen LogP contribution >= 0.6 is 22.9 Å². The van der Waals surface area contributed by atoms with E-state index in [0.29, 0.717) is 36.0 Å². The van der Waals surface area contributed by atoms with E-state index in [1.165, 1.54) is 6.07 Å². The van der Waals surface area contributed by atoms with Gasteiger partial charge in [0.1, 0.15) is 17.2 Å². The van der Waals surface area contributed by atoms with Gasteiger partial charge >= 0.3 is 12.4 Å². The number of ketones is 1. The van der Waals surface area contributed by atoms with Gasteiger partial charge in [0.05, 0.1) is 21.8 Å². The maximum absolute atomic E-state index is 14.1. The lowest BCUT2D eigenvalue weighted by molar-refractivity contribution is -0.137. The number of aldehydes is 1. The lowest BCUT2D eigenvalue weighted by Crippen LogP contribution is -2.22. The number of hydrogen-bond acceptors (Lipinski definition) is 4. The highest BCUT2D eigenvalue weighted by atomic mass is 35.5. The van der Waals surface area contributed by atoms with Crippen LogP contribution in [0, 0.1) is 18.8 Å². The summed E-state index contributed by atoms with van der Waals surface area (Å²) < 4.78 is 82.1. The van der Waals surface area contributed by atoms with Gasteiger partial charge in [0.25, 0.3) is 0 Å². The largest absolute Gasteiger partial charge is 0.417 e. The predicted octanol–water partition coefficient (Wildman–Crippen LogP) is 8.76. The average Bonchev–Trinajstić information content (AvgIpc) is 3.44. The third-order valence-electron chi connectivity index (χ3n) is 6.82. The molecule has 1 heterocycles. The van der Waals surface area contributed by atoms with Crippen LogP contribution < -0.4 is 0 Å². The van der Waals surface area contributed by atoms with Crippen molar-refractivity contribution in [2.24, 2.45) is 11.8 Å². The smallest absolute Gasteiger partial charge is 0.302 e. The first kappa shape index (κ1) is 28.3. The van der Waals surface area contributed by atoms with Gasteiger partial charge in [0.15, 0.2) is 5.78 Å². The molecule has 3 nitrogen and oxygen atoms in total. The number of hydrogen-bond donors (Lipinski definition) is 0. The number of carbonyl (C=O) groups excluding carboxylic acids is 2. The molecular formula is C27H22ClF6NO2S. The minimum Gasteiger partial charge on any atom is -0.302 e. The Morgan fingerprint density at radius 3 is 2.24 bits per heavy atom. The number of benzene rings is 2. The summed E-state index contributed by atoms with van der Waals surface area (Å²) in [5.41, 5.74) is -2.85. The topological polar surface area (TPSA) is 47.0 Å². The summed E-state index contributed by atoms with van der Waals surface area (Å²) in [6.07, 6.45) is -6.97. The third kappa shape index (κ3) is 5.66. The summed E-state index contributed by atoms with van der Waals surface area (Å²) in [5, 5.41) is -0.454. The second kappa shape index (κ2) is 10.4. The first-order chi connectivity index (χ1) is 17.7. The Kier molecular flexibility index (Phi) is 7.78. The van der Waals surface area contributed by atoms with Crippen LogP contribution in [0.2, 0.25) is 5.02 Å². The van der Waals surface area contributed by atoms with Gasteiger partial charge in [0.2, 0.25) is 0 Å². The molecule has 0 bridgehead atoms. The standard InChI is InChI=1S/C27H22ClF6NO2S/c1-13-3-4-16(9-13)24(37)19(12-36)23-14(2)38-25(35-23)17-5-7-18(20(11-17)26(29,30)31)15-6-8-22(28)21(10-15)27(32,33)34/h5-8,10-13,16,19H,3-4,9H2,1-2H3/t13-,16-,19?/m1/s1. The van der Waals surface area contributed by atoms with Gasteiger partial charge in [-0.15, -0.1) is 11.3 Å². The van der Waals surface area contributed by atoms with E-state index in [2.05, 4.69) is 4.98 Å². The Morgan fingerprint density at radius 1 is 1.03 bits per heavy atom. The van der Waals surface area contributed by atoms with Crippen molar-refractivity contribution in [2.45, 2.75) is 51.4 Å². The van der Waals surface area contributed by atoms with Crippen LogP contribution in [0.5, 0.6) is 0 Å². The summed E-state index contributed by atoms with van der Waals surface area (Å²) >= 11 is 6.68. The molecule has 1 fully saturated rings. The van der Waals surface area contributed by atoms with Crippen LogP contribution in [0.15, 0.2) is 36.4 Å². The van der Waals surface area contributed by atoms with Gasteiger partial charge in [-0.25, -0.2) is 4.98 Å². The molecule has 1 aliphatic rings. The molecule has 3 aromatic rings. The molecule has 4 rings (SSSR count). The summed E-state index contributed by atoms with van der Waals surface area (Å²) in [6, 6.07) is 5.81. The monoisotopic (exact) mass is 573 g/mol. The molecule has 0 spiro atoms. The van der Waals surface area contributed by atoms with Crippen LogP contribution in [-0.2, 0) is 21.9 Å². The Morgan fingerprint density at radius 2 is 1.66 bits per heavy atom. The fraction of sp³-hybridized carbons (Fsp3) is 0.370. The zero-order chi connectivity index (χ0) is 28.0. The molecule has 202 valence electrons. The van der Waals surface area contributed by atoms with E-state index in [4.69, 9.17) is 11.6 Å². The van der Waals surface area contributed by atoms with Gasteiger partial charge in [-0.05, 0) is 61.4 Å². The van der Waals surface area contributed by atoms with Crippen molar-refractivity contribution in [1.29, 1.82) is 0 Å². The zero-order valence-corrected chi connectivity index (χ0v) is 21.8. The first-order valence-electron chi connectivity index (χ1n) is 11.8. The number of thiazole rings is 1. The number of alkyl halides is 6. The van der Waals surface area contributed by atoms with Crippen LogP contribution in [0.1, 0.15) is 53.8 Å². The first-order valence-corrected chi connectivity index (χ1v) is 12.9. The van der Waals surface area contributed by atoms with Crippen molar-refractivity contribution in [3.8, 4) is 21.7 Å². The summed E-state index contributed by atoms with van der Waals surface area (Å²) in [5.74, 6) is -1.23. The molecular weight excluding hydrogens is 552 g/mol. The average molecular weight is 574 g/mol. The van der Waals surface area contributed by atoms with Gasteiger partial charge < -0.3 is 4.79 Å². The molecule has 0 N–H and O–H groups in total. The fourth-order valence-corrected chi connectivity index (χ4v) is 6.06. The van der Waals surface area contributed by atoms with Gasteiger partial charge in [0, 0.05) is 16.4 Å². The summed E-state index contributed by atoms with van der Waals surface area (Å²) in [4.78, 5) is 29.8. The van der Waals surface area contributed by atoms with Crippen LogP contribution in [0.25, 0.3) is 21.7 Å². The van der Waals surface area contributed by atoms with Crippen LogP contribution in [0.4, 0.5) is 26.3 Å². The Balaban J connectivity index is 1.75. The number of aromatic nitrogens is 1. The van der Waals surface area contributed by atoms with E-state index in [-0.39, 0.29) is 33.5 Å². The van der Waals surface area contributed by atoms with Crippen LogP contribution in [0.3, 0.4) is 0 Å². The molecule has 0 amide bonds. The second-order valence-corrected chi connectivity index (χ2v) is 11.2. The van der Waals surface area contributed by atoms with Crippen molar-refractivity contribution < 1.29 is 35.9 Å². The number of aryl methyl sites for hydroxylation is 1. The van der Waals surface area contributed by atoms with E-state index in [1.54, 1.807) is 6.92 Å². The molecule has 1 unspecified atom stereocenters. The predicted molar refractivity (Wildman–Crippen MR) is 133 cm³/mol. The molecule has 1 aromatic heterocycles. The maximum atomic E-state index is 14.1. The van der Waals surface area contributed by atoms with Gasteiger partial charge in [-0.3, -0.25) is 4.79 Å². The molecule has 3 atom stereocenters. The zero-order valence-electron chi connectivity index (χ0n) is 20.2. The fourth-order valence-electron chi connectivity index (χ4n) is 4.88. The lowest BCUT2D eigenvalue weighted by Gasteiger charge is -2.16. The third-order valence-corrected chi connectivity index (χ3v) is 8.19. The van der Waals surface area contributed by atoms with Crippen molar-refractivity contribution in [3.05, 3.63) is 63.1 Å². The molecule has 0 saturated heterocycles. The molecule has 11 heteroatoms. The highest BCUT2D eigenvalue weighted by Crippen LogP contribution is 2.44. The van der Waals surface area contributed by atoms with Gasteiger partial charge in [-0.2, -0.15) is 26.3 Å². The van der Waals surface area contributed by atoms with E-state index >= 15 is 0 Å². The van der Waals surface area contributed by atoms with E-state index in [0.717, 1.165) is 42.0 Å². The van der Waals surface area contributed by atoms with Crippen molar-refractivity contribution in [2.75, 3.05) is 0 Å². The molecule has 1 aliphatic carbocycles. The second-order valence-electron chi connectivity index (χ2n) is 9.54.